The second-order valence-electron chi connectivity index (χ2n) is 7.59. The Morgan fingerprint density at radius 1 is 1.07 bits per heavy atom. The zero-order chi connectivity index (χ0) is 18.2. The Morgan fingerprint density at radius 3 is 2.70 bits per heavy atom. The van der Waals surface area contributed by atoms with Crippen LogP contribution < -0.4 is 5.32 Å². The Labute approximate surface area is 158 Å². The molecule has 1 aliphatic heterocycles. The molecule has 27 heavy (non-hydrogen) atoms. The molecule has 0 bridgehead atoms. The highest BCUT2D eigenvalue weighted by molar-refractivity contribution is 6.10. The SMILES string of the molecule is O=C(Nc1ccc2c(c1)CCN(C1CCC1)CC2)c1onc2ccccc12. The van der Waals surface area contributed by atoms with Crippen LogP contribution in [0.1, 0.15) is 40.9 Å². The number of amides is 1. The van der Waals surface area contributed by atoms with Gasteiger partial charge in [-0.25, -0.2) is 0 Å². The smallest absolute Gasteiger partial charge is 0.294 e. The van der Waals surface area contributed by atoms with Crippen LogP contribution in [0.5, 0.6) is 0 Å². The van der Waals surface area contributed by atoms with Gasteiger partial charge in [0.2, 0.25) is 5.76 Å². The molecule has 5 nitrogen and oxygen atoms in total. The number of benzene rings is 2. The van der Waals surface area contributed by atoms with Gasteiger partial charge in [0.05, 0.1) is 5.39 Å². The Bertz CT molecular complexity index is 990. The Kier molecular flexibility index (Phi) is 4.17. The topological polar surface area (TPSA) is 58.4 Å². The van der Waals surface area contributed by atoms with Crippen molar-refractivity contribution in [3.05, 3.63) is 59.4 Å². The van der Waals surface area contributed by atoms with Gasteiger partial charge in [0, 0.05) is 24.8 Å². The maximum Gasteiger partial charge on any atom is 0.294 e. The number of carbonyl (C=O) groups is 1. The van der Waals surface area contributed by atoms with E-state index in [0.29, 0.717) is 5.52 Å². The fourth-order valence-corrected chi connectivity index (χ4v) is 4.18. The highest BCUT2D eigenvalue weighted by Crippen LogP contribution is 2.28. The molecular formula is C22H23N3O2. The van der Waals surface area contributed by atoms with E-state index in [2.05, 4.69) is 27.5 Å². The Balaban J connectivity index is 1.33. The first-order chi connectivity index (χ1) is 13.3. The fourth-order valence-electron chi connectivity index (χ4n) is 4.18. The molecular weight excluding hydrogens is 338 g/mol. The van der Waals surface area contributed by atoms with E-state index in [9.17, 15) is 4.79 Å². The van der Waals surface area contributed by atoms with Gasteiger partial charge in [-0.15, -0.1) is 0 Å². The highest BCUT2D eigenvalue weighted by Gasteiger charge is 2.26. The summed E-state index contributed by atoms with van der Waals surface area (Å²) in [6, 6.07) is 14.5. The summed E-state index contributed by atoms with van der Waals surface area (Å²) < 4.78 is 5.27. The van der Waals surface area contributed by atoms with Crippen molar-refractivity contribution in [3.63, 3.8) is 0 Å². The van der Waals surface area contributed by atoms with E-state index in [1.165, 1.54) is 30.4 Å². The molecule has 1 amide bonds. The van der Waals surface area contributed by atoms with Gasteiger partial charge in [-0.05, 0) is 61.1 Å². The molecule has 2 heterocycles. The number of nitrogens with zero attached hydrogens (tertiary/aromatic N) is 2. The second kappa shape index (κ2) is 6.82. The molecule has 0 radical (unpaired) electrons. The standard InChI is InChI=1S/C22H23N3O2/c26-22(21-19-6-1-2-7-20(19)24-27-21)23-17-9-8-15-10-12-25(18-4-3-5-18)13-11-16(15)14-17/h1-2,6-9,14,18H,3-5,10-13H2,(H,23,26). The van der Waals surface area contributed by atoms with Gasteiger partial charge in [-0.3, -0.25) is 9.69 Å². The van der Waals surface area contributed by atoms with Crippen LogP contribution in [-0.4, -0.2) is 35.1 Å². The average Bonchev–Trinajstić information content (AvgIpc) is 2.97. The number of nitrogens with one attached hydrogen (secondary N) is 1. The van der Waals surface area contributed by atoms with E-state index < -0.39 is 0 Å². The lowest BCUT2D eigenvalue weighted by Crippen LogP contribution is -2.41. The molecule has 5 rings (SSSR count). The van der Waals surface area contributed by atoms with E-state index in [1.807, 2.05) is 30.3 Å². The molecule has 1 fully saturated rings. The third-order valence-corrected chi connectivity index (χ3v) is 5.98. The molecule has 2 aliphatic rings. The van der Waals surface area contributed by atoms with Crippen molar-refractivity contribution in [1.29, 1.82) is 0 Å². The minimum atomic E-state index is -0.256. The fraction of sp³-hybridized carbons (Fsp3) is 0.364. The number of carbonyl (C=O) groups excluding carboxylic acids is 1. The quantitative estimate of drug-likeness (QED) is 0.765. The number of rotatable bonds is 3. The van der Waals surface area contributed by atoms with Crippen LogP contribution in [0.15, 0.2) is 47.0 Å². The van der Waals surface area contributed by atoms with Crippen LogP contribution in [0, 0.1) is 0 Å². The van der Waals surface area contributed by atoms with Crippen LogP contribution in [-0.2, 0) is 12.8 Å². The van der Waals surface area contributed by atoms with Crippen molar-refractivity contribution in [3.8, 4) is 0 Å². The summed E-state index contributed by atoms with van der Waals surface area (Å²) in [5, 5.41) is 7.67. The van der Waals surface area contributed by atoms with Crippen molar-refractivity contribution >= 4 is 22.5 Å². The summed E-state index contributed by atoms with van der Waals surface area (Å²) in [4.78, 5) is 15.3. The number of aromatic nitrogens is 1. The minimum absolute atomic E-state index is 0.256. The first-order valence-corrected chi connectivity index (χ1v) is 9.79. The molecule has 0 atom stereocenters. The number of hydrogen-bond acceptors (Lipinski definition) is 4. The summed E-state index contributed by atoms with van der Waals surface area (Å²) in [5.41, 5.74) is 4.26. The number of hydrogen-bond donors (Lipinski definition) is 1. The van der Waals surface area contributed by atoms with Gasteiger partial charge in [0.15, 0.2) is 0 Å². The molecule has 0 unspecified atom stereocenters. The van der Waals surface area contributed by atoms with Gasteiger partial charge in [0.1, 0.15) is 5.52 Å². The van der Waals surface area contributed by atoms with Crippen LogP contribution in [0.3, 0.4) is 0 Å². The largest absolute Gasteiger partial charge is 0.350 e. The summed E-state index contributed by atoms with van der Waals surface area (Å²) in [7, 11) is 0. The van der Waals surface area contributed by atoms with Crippen LogP contribution in [0.25, 0.3) is 10.9 Å². The molecule has 1 saturated carbocycles. The van der Waals surface area contributed by atoms with E-state index in [0.717, 1.165) is 43.0 Å². The Hall–Kier alpha value is -2.66. The van der Waals surface area contributed by atoms with Gasteiger partial charge in [-0.2, -0.15) is 0 Å². The van der Waals surface area contributed by atoms with Crippen LogP contribution in [0.4, 0.5) is 5.69 Å². The molecule has 0 saturated heterocycles. The zero-order valence-electron chi connectivity index (χ0n) is 15.3. The highest BCUT2D eigenvalue weighted by atomic mass is 16.5. The van der Waals surface area contributed by atoms with Gasteiger partial charge >= 0.3 is 0 Å². The summed E-state index contributed by atoms with van der Waals surface area (Å²) >= 11 is 0. The third kappa shape index (κ3) is 3.12. The van der Waals surface area contributed by atoms with Gasteiger partial charge in [0.25, 0.3) is 5.91 Å². The maximum absolute atomic E-state index is 12.7. The average molecular weight is 361 g/mol. The third-order valence-electron chi connectivity index (χ3n) is 5.98. The lowest BCUT2D eigenvalue weighted by Gasteiger charge is -2.36. The van der Waals surface area contributed by atoms with Crippen molar-refractivity contribution in [2.24, 2.45) is 0 Å². The minimum Gasteiger partial charge on any atom is -0.350 e. The first-order valence-electron chi connectivity index (χ1n) is 9.79. The van der Waals surface area contributed by atoms with Crippen molar-refractivity contribution in [1.82, 2.24) is 10.1 Å². The molecule has 138 valence electrons. The van der Waals surface area contributed by atoms with Crippen molar-refractivity contribution in [2.75, 3.05) is 18.4 Å². The summed E-state index contributed by atoms with van der Waals surface area (Å²) in [6.07, 6.45) is 6.21. The first kappa shape index (κ1) is 16.5. The molecule has 2 aromatic carbocycles. The lowest BCUT2D eigenvalue weighted by molar-refractivity contribution is 0.0990. The molecule has 1 N–H and O–H groups in total. The Morgan fingerprint density at radius 2 is 1.89 bits per heavy atom. The van der Waals surface area contributed by atoms with Crippen molar-refractivity contribution < 1.29 is 9.32 Å². The monoisotopic (exact) mass is 361 g/mol. The molecule has 3 aromatic rings. The summed E-state index contributed by atoms with van der Waals surface area (Å²) in [6.45, 7) is 2.26. The van der Waals surface area contributed by atoms with E-state index >= 15 is 0 Å². The predicted molar refractivity (Wildman–Crippen MR) is 105 cm³/mol. The number of anilines is 1. The normalized spacial score (nSPS) is 17.9. The lowest BCUT2D eigenvalue weighted by atomic mass is 9.91. The molecule has 5 heteroatoms. The predicted octanol–water partition coefficient (Wildman–Crippen LogP) is 4.03. The molecule has 1 aliphatic carbocycles. The summed E-state index contributed by atoms with van der Waals surface area (Å²) in [5.74, 6) is 0.00469. The second-order valence-corrected chi connectivity index (χ2v) is 7.59. The molecule has 0 spiro atoms. The van der Waals surface area contributed by atoms with Gasteiger partial charge in [-0.1, -0.05) is 29.8 Å². The van der Waals surface area contributed by atoms with Crippen molar-refractivity contribution in [2.45, 2.75) is 38.1 Å². The molecule has 1 aromatic heterocycles. The maximum atomic E-state index is 12.7. The van der Waals surface area contributed by atoms with E-state index in [-0.39, 0.29) is 11.7 Å². The van der Waals surface area contributed by atoms with E-state index in [1.54, 1.807) is 0 Å². The van der Waals surface area contributed by atoms with E-state index in [4.69, 9.17) is 4.52 Å². The zero-order valence-corrected chi connectivity index (χ0v) is 15.3. The van der Waals surface area contributed by atoms with Crippen LogP contribution in [0.2, 0.25) is 0 Å². The van der Waals surface area contributed by atoms with Gasteiger partial charge < -0.3 is 9.84 Å². The van der Waals surface area contributed by atoms with Crippen LogP contribution >= 0.6 is 0 Å². The number of fused-ring (bicyclic) bond motifs is 2.